The van der Waals surface area contributed by atoms with Gasteiger partial charge in [-0.15, -0.1) is 0 Å². The van der Waals surface area contributed by atoms with Crippen molar-refractivity contribution in [2.45, 2.75) is 38.4 Å². The van der Waals surface area contributed by atoms with Gasteiger partial charge in [0, 0.05) is 32.8 Å². The third-order valence-corrected chi connectivity index (χ3v) is 6.63. The summed E-state index contributed by atoms with van der Waals surface area (Å²) in [5.74, 6) is 2.01. The molecule has 1 aromatic rings. The third-order valence-electron chi connectivity index (χ3n) is 6.63. The van der Waals surface area contributed by atoms with Gasteiger partial charge in [-0.05, 0) is 61.7 Å². The average Bonchev–Trinajstić information content (AvgIpc) is 3.13. The topological polar surface area (TPSA) is 15.7 Å². The molecule has 2 saturated heterocycles. The van der Waals surface area contributed by atoms with Crippen LogP contribution in [0.4, 0.5) is 13.2 Å². The number of rotatable bonds is 8. The van der Waals surface area contributed by atoms with Crippen LogP contribution in [0.3, 0.4) is 0 Å². The number of alkyl halides is 3. The molecule has 0 unspecified atom stereocenters. The first-order chi connectivity index (χ1) is 13.5. The number of ether oxygens (including phenoxy) is 1. The van der Waals surface area contributed by atoms with Crippen molar-refractivity contribution in [2.24, 2.45) is 17.8 Å². The molecule has 4 rings (SSSR count). The minimum atomic E-state index is -4.26. The number of nitrogens with zero attached hydrogens (tertiary/aromatic N) is 2. The van der Waals surface area contributed by atoms with E-state index in [1.165, 1.54) is 44.5 Å². The van der Waals surface area contributed by atoms with Crippen LogP contribution in [0.2, 0.25) is 0 Å². The van der Waals surface area contributed by atoms with E-state index in [0.29, 0.717) is 24.3 Å². The van der Waals surface area contributed by atoms with Crippen molar-refractivity contribution in [3.63, 3.8) is 0 Å². The molecule has 0 aromatic heterocycles. The quantitative estimate of drug-likeness (QED) is 0.610. The molecule has 0 radical (unpaired) electrons. The van der Waals surface area contributed by atoms with E-state index in [-0.39, 0.29) is 0 Å². The first kappa shape index (κ1) is 20.2. The fourth-order valence-electron chi connectivity index (χ4n) is 5.01. The second-order valence-electron chi connectivity index (χ2n) is 8.71. The molecule has 3 fully saturated rings. The molecule has 1 aromatic carbocycles. The smallest absolute Gasteiger partial charge is 0.381 e. The number of fused-ring (bicyclic) bond motifs is 1. The van der Waals surface area contributed by atoms with Gasteiger partial charge in [0.15, 0.2) is 0 Å². The van der Waals surface area contributed by atoms with Crippen molar-refractivity contribution in [2.75, 3.05) is 45.9 Å². The van der Waals surface area contributed by atoms with Crippen molar-refractivity contribution in [1.29, 1.82) is 0 Å². The van der Waals surface area contributed by atoms with Crippen molar-refractivity contribution in [3.05, 3.63) is 35.4 Å². The molecule has 0 N–H and O–H groups in total. The summed E-state index contributed by atoms with van der Waals surface area (Å²) >= 11 is 0. The zero-order chi connectivity index (χ0) is 19.6. The highest BCUT2D eigenvalue weighted by Crippen LogP contribution is 2.52. The highest BCUT2D eigenvalue weighted by molar-refractivity contribution is 5.26. The lowest BCUT2D eigenvalue weighted by atomic mass is 10.1. The van der Waals surface area contributed by atoms with Crippen LogP contribution in [0.5, 0.6) is 0 Å². The second-order valence-corrected chi connectivity index (χ2v) is 8.71. The van der Waals surface area contributed by atoms with E-state index in [0.717, 1.165) is 50.9 Å². The van der Waals surface area contributed by atoms with Crippen molar-refractivity contribution in [1.82, 2.24) is 9.80 Å². The van der Waals surface area contributed by atoms with Crippen LogP contribution in [0.25, 0.3) is 0 Å². The van der Waals surface area contributed by atoms with Gasteiger partial charge < -0.3 is 9.64 Å². The lowest BCUT2D eigenvalue weighted by Crippen LogP contribution is -2.31. The van der Waals surface area contributed by atoms with Crippen molar-refractivity contribution in [3.8, 4) is 0 Å². The normalized spacial score (nSPS) is 28.5. The van der Waals surface area contributed by atoms with E-state index in [4.69, 9.17) is 4.74 Å². The molecule has 2 aliphatic heterocycles. The lowest BCUT2D eigenvalue weighted by molar-refractivity contribution is -0.137. The Balaban J connectivity index is 1.11. The molecule has 6 heteroatoms. The lowest BCUT2D eigenvalue weighted by Gasteiger charge is -2.26. The van der Waals surface area contributed by atoms with Crippen LogP contribution in [0.1, 0.15) is 36.8 Å². The Bertz CT molecular complexity index is 633. The van der Waals surface area contributed by atoms with Gasteiger partial charge >= 0.3 is 6.18 Å². The molecule has 0 spiro atoms. The Kier molecular flexibility index (Phi) is 6.28. The molecule has 0 bridgehead atoms. The fraction of sp³-hybridized carbons (Fsp3) is 0.727. The molecule has 1 aliphatic carbocycles. The minimum Gasteiger partial charge on any atom is -0.381 e. The number of piperidine rings is 2. The summed E-state index contributed by atoms with van der Waals surface area (Å²) in [4.78, 5) is 4.84. The van der Waals surface area contributed by atoms with Gasteiger partial charge in [-0.2, -0.15) is 13.2 Å². The summed E-state index contributed by atoms with van der Waals surface area (Å²) in [5, 5.41) is 0. The molecule has 3 aliphatic rings. The van der Waals surface area contributed by atoms with Gasteiger partial charge in [0.25, 0.3) is 0 Å². The van der Waals surface area contributed by atoms with Gasteiger partial charge in [0.1, 0.15) is 0 Å². The van der Waals surface area contributed by atoms with Gasteiger partial charge in [-0.1, -0.05) is 24.6 Å². The first-order valence-corrected chi connectivity index (χ1v) is 10.7. The summed E-state index contributed by atoms with van der Waals surface area (Å²) in [7, 11) is 0. The SMILES string of the molecule is FC(F)(F)c1cccc(CN2C[C@@H]3[C@H](COCCCN4CCCCC4)[C@@H]3C2)c1. The predicted molar refractivity (Wildman–Crippen MR) is 103 cm³/mol. The van der Waals surface area contributed by atoms with E-state index in [1.807, 2.05) is 0 Å². The van der Waals surface area contributed by atoms with Crippen LogP contribution < -0.4 is 0 Å². The molecule has 0 amide bonds. The molecule has 3 nitrogen and oxygen atoms in total. The van der Waals surface area contributed by atoms with Crippen LogP contribution in [0.15, 0.2) is 24.3 Å². The highest BCUT2D eigenvalue weighted by atomic mass is 19.4. The maximum absolute atomic E-state index is 12.9. The number of benzene rings is 1. The number of hydrogen-bond donors (Lipinski definition) is 0. The second kappa shape index (κ2) is 8.72. The Morgan fingerprint density at radius 2 is 1.75 bits per heavy atom. The molecule has 3 atom stereocenters. The van der Waals surface area contributed by atoms with E-state index in [1.54, 1.807) is 6.07 Å². The van der Waals surface area contributed by atoms with Gasteiger partial charge in [0.2, 0.25) is 0 Å². The summed E-state index contributed by atoms with van der Waals surface area (Å²) in [5.41, 5.74) is 0.201. The summed E-state index contributed by atoms with van der Waals surface area (Å²) in [6.07, 6.45) is 0.901. The Morgan fingerprint density at radius 3 is 2.46 bits per heavy atom. The Morgan fingerprint density at radius 1 is 1.00 bits per heavy atom. The van der Waals surface area contributed by atoms with E-state index >= 15 is 0 Å². The fourth-order valence-corrected chi connectivity index (χ4v) is 5.01. The third kappa shape index (κ3) is 5.08. The monoisotopic (exact) mass is 396 g/mol. The van der Waals surface area contributed by atoms with Crippen molar-refractivity contribution < 1.29 is 17.9 Å². The Hall–Kier alpha value is -1.11. The number of hydrogen-bond acceptors (Lipinski definition) is 3. The number of halogens is 3. The maximum Gasteiger partial charge on any atom is 0.416 e. The highest BCUT2D eigenvalue weighted by Gasteiger charge is 2.55. The van der Waals surface area contributed by atoms with Crippen LogP contribution in [-0.4, -0.2) is 55.7 Å². The first-order valence-electron chi connectivity index (χ1n) is 10.7. The van der Waals surface area contributed by atoms with E-state index < -0.39 is 11.7 Å². The molecular weight excluding hydrogens is 365 g/mol. The zero-order valence-corrected chi connectivity index (χ0v) is 16.5. The molecular formula is C22H31F3N2O. The minimum absolute atomic E-state index is 0.551. The molecule has 156 valence electrons. The van der Waals surface area contributed by atoms with E-state index in [9.17, 15) is 13.2 Å². The summed E-state index contributed by atoms with van der Waals surface area (Å²) < 4.78 is 44.5. The maximum atomic E-state index is 12.9. The van der Waals surface area contributed by atoms with Gasteiger partial charge in [-0.25, -0.2) is 0 Å². The number of likely N-dealkylation sites (tertiary alicyclic amines) is 2. The zero-order valence-electron chi connectivity index (χ0n) is 16.5. The largest absolute Gasteiger partial charge is 0.416 e. The summed E-state index contributed by atoms with van der Waals surface area (Å²) in [6.45, 7) is 7.93. The van der Waals surface area contributed by atoms with Gasteiger partial charge in [-0.3, -0.25) is 4.90 Å². The van der Waals surface area contributed by atoms with Crippen LogP contribution in [0, 0.1) is 17.8 Å². The predicted octanol–water partition coefficient (Wildman–Crippen LogP) is 4.28. The van der Waals surface area contributed by atoms with Crippen LogP contribution in [-0.2, 0) is 17.5 Å². The van der Waals surface area contributed by atoms with Crippen molar-refractivity contribution >= 4 is 0 Å². The standard InChI is InChI=1S/C22H31F3N2O/c23-22(24,25)18-7-4-6-17(12-18)13-27-14-19-20(15-27)21(19)16-28-11-5-10-26-8-2-1-3-9-26/h4,6-7,12,19-21H,1-3,5,8-11,13-16H2/t19-,20+,21-. The average molecular weight is 396 g/mol. The van der Waals surface area contributed by atoms with Gasteiger partial charge in [0.05, 0.1) is 12.2 Å². The van der Waals surface area contributed by atoms with E-state index in [2.05, 4.69) is 9.80 Å². The Labute approximate surface area is 165 Å². The molecule has 2 heterocycles. The molecule has 28 heavy (non-hydrogen) atoms. The summed E-state index contributed by atoms with van der Waals surface area (Å²) in [6, 6.07) is 5.73. The molecule has 1 saturated carbocycles. The van der Waals surface area contributed by atoms with Crippen LogP contribution >= 0.6 is 0 Å².